The van der Waals surface area contributed by atoms with Crippen molar-refractivity contribution in [1.29, 1.82) is 0 Å². The first-order chi connectivity index (χ1) is 5.24. The topological polar surface area (TPSA) is 22.2 Å². The molecule has 1 aromatic rings. The largest absolute Gasteiger partial charge is 0.317 e. The summed E-state index contributed by atoms with van der Waals surface area (Å²) in [5, 5.41) is 4.18. The predicted molar refractivity (Wildman–Crippen MR) is 43.1 cm³/mol. The second-order valence-electron chi connectivity index (χ2n) is 2.53. The summed E-state index contributed by atoms with van der Waals surface area (Å²) in [6, 6.07) is 2.02. The fraction of sp³-hybridized carbons (Fsp3) is 0.500. The van der Waals surface area contributed by atoms with Crippen molar-refractivity contribution in [3.8, 4) is 0 Å². The Morgan fingerprint density at radius 2 is 2.45 bits per heavy atom. The molecule has 0 saturated heterocycles. The first-order valence-electron chi connectivity index (χ1n) is 3.57. The molecule has 0 aliphatic rings. The van der Waals surface area contributed by atoms with E-state index in [1.54, 1.807) is 0 Å². The van der Waals surface area contributed by atoms with E-state index in [-0.39, 0.29) is 0 Å². The summed E-state index contributed by atoms with van der Waals surface area (Å²) < 4.78 is 1.83. The summed E-state index contributed by atoms with van der Waals surface area (Å²) in [5.41, 5.74) is 2.16. The van der Waals surface area contributed by atoms with Gasteiger partial charge in [0.1, 0.15) is 0 Å². The van der Waals surface area contributed by atoms with Crippen molar-refractivity contribution in [1.82, 2.24) is 9.78 Å². The zero-order valence-corrected chi connectivity index (χ0v) is 6.83. The summed E-state index contributed by atoms with van der Waals surface area (Å²) in [6.07, 6.45) is 0.806. The van der Waals surface area contributed by atoms with Gasteiger partial charge in [0.2, 0.25) is 6.54 Å². The van der Waals surface area contributed by atoms with Crippen molar-refractivity contribution in [2.75, 3.05) is 6.54 Å². The highest BCUT2D eigenvalue weighted by Crippen LogP contribution is 2.02. The van der Waals surface area contributed by atoms with Crippen LogP contribution < -0.4 is 0 Å². The molecule has 0 N–H and O–H groups in total. The molecule has 0 fully saturated rings. The molecular weight excluding hydrogens is 138 g/mol. The molecule has 1 rings (SSSR count). The lowest BCUT2D eigenvalue weighted by Gasteiger charge is -1.93. The van der Waals surface area contributed by atoms with Gasteiger partial charge in [0.25, 0.3) is 0 Å². The smallest absolute Gasteiger partial charge is 0.220 e. The number of hydrogen-bond acceptors (Lipinski definition) is 1. The Labute approximate surface area is 66.5 Å². The molecule has 0 atom stereocenters. The summed E-state index contributed by atoms with van der Waals surface area (Å²) in [4.78, 5) is 3.29. The predicted octanol–water partition coefficient (Wildman–Crippen LogP) is 1.19. The van der Waals surface area contributed by atoms with Crippen LogP contribution >= 0.6 is 0 Å². The van der Waals surface area contributed by atoms with Crippen LogP contribution in [0.15, 0.2) is 6.07 Å². The first-order valence-corrected chi connectivity index (χ1v) is 3.57. The van der Waals surface area contributed by atoms with Crippen molar-refractivity contribution >= 4 is 0 Å². The highest BCUT2D eigenvalue weighted by atomic mass is 15.3. The van der Waals surface area contributed by atoms with E-state index >= 15 is 0 Å². The lowest BCUT2D eigenvalue weighted by atomic mass is 10.3. The molecule has 3 heteroatoms. The zero-order chi connectivity index (χ0) is 8.27. The molecule has 0 spiro atoms. The molecule has 0 aromatic carbocycles. The van der Waals surface area contributed by atoms with Gasteiger partial charge in [-0.15, -0.1) is 0 Å². The van der Waals surface area contributed by atoms with E-state index in [2.05, 4.69) is 9.94 Å². The molecule has 0 radical (unpaired) electrons. The SMILES string of the molecule is [C-]#[N+]CCc1cc(C)nn1C. The third kappa shape index (κ3) is 1.81. The Bertz CT molecular complexity index is 280. The quantitative estimate of drug-likeness (QED) is 0.579. The Morgan fingerprint density at radius 1 is 1.73 bits per heavy atom. The van der Waals surface area contributed by atoms with Gasteiger partial charge in [0.05, 0.1) is 12.1 Å². The molecule has 0 aliphatic carbocycles. The van der Waals surface area contributed by atoms with Crippen molar-refractivity contribution < 1.29 is 0 Å². The van der Waals surface area contributed by atoms with E-state index in [1.165, 1.54) is 0 Å². The average molecular weight is 149 g/mol. The summed E-state index contributed by atoms with van der Waals surface area (Å²) in [6.45, 7) is 9.14. The van der Waals surface area contributed by atoms with Gasteiger partial charge in [-0.2, -0.15) is 5.10 Å². The molecule has 0 unspecified atom stereocenters. The lowest BCUT2D eigenvalue weighted by Crippen LogP contribution is -1.99. The van der Waals surface area contributed by atoms with Gasteiger partial charge in [-0.1, -0.05) is 0 Å². The number of aryl methyl sites for hydroxylation is 2. The van der Waals surface area contributed by atoms with Gasteiger partial charge in [-0.3, -0.25) is 4.68 Å². The van der Waals surface area contributed by atoms with Gasteiger partial charge in [-0.05, 0) is 13.0 Å². The maximum Gasteiger partial charge on any atom is 0.220 e. The monoisotopic (exact) mass is 149 g/mol. The van der Waals surface area contributed by atoms with Crippen LogP contribution in [0.25, 0.3) is 4.85 Å². The van der Waals surface area contributed by atoms with Crippen LogP contribution in [0.2, 0.25) is 0 Å². The van der Waals surface area contributed by atoms with E-state index < -0.39 is 0 Å². The van der Waals surface area contributed by atoms with E-state index in [0.29, 0.717) is 6.54 Å². The zero-order valence-electron chi connectivity index (χ0n) is 6.83. The van der Waals surface area contributed by atoms with Crippen molar-refractivity contribution in [3.05, 3.63) is 28.9 Å². The summed E-state index contributed by atoms with van der Waals surface area (Å²) in [5.74, 6) is 0. The van der Waals surface area contributed by atoms with E-state index in [4.69, 9.17) is 6.57 Å². The fourth-order valence-corrected chi connectivity index (χ4v) is 1.07. The van der Waals surface area contributed by atoms with Crippen LogP contribution in [0.3, 0.4) is 0 Å². The Balaban J connectivity index is 2.71. The third-order valence-corrected chi connectivity index (χ3v) is 1.58. The maximum absolute atomic E-state index is 6.62. The molecule has 0 bridgehead atoms. The van der Waals surface area contributed by atoms with Crippen LogP contribution in [0.4, 0.5) is 0 Å². The second-order valence-corrected chi connectivity index (χ2v) is 2.53. The molecular formula is C8H11N3. The van der Waals surface area contributed by atoms with E-state index in [9.17, 15) is 0 Å². The molecule has 0 saturated carbocycles. The van der Waals surface area contributed by atoms with Gasteiger partial charge < -0.3 is 4.85 Å². The van der Waals surface area contributed by atoms with Gasteiger partial charge in [-0.25, -0.2) is 6.57 Å². The minimum Gasteiger partial charge on any atom is -0.317 e. The minimum absolute atomic E-state index is 0.555. The van der Waals surface area contributed by atoms with Gasteiger partial charge in [0.15, 0.2) is 0 Å². The molecule has 1 aromatic heterocycles. The van der Waals surface area contributed by atoms with Crippen molar-refractivity contribution in [2.24, 2.45) is 7.05 Å². The number of nitrogens with zero attached hydrogens (tertiary/aromatic N) is 3. The van der Waals surface area contributed by atoms with Crippen LogP contribution in [0.5, 0.6) is 0 Å². The van der Waals surface area contributed by atoms with E-state index in [1.807, 2.05) is 24.7 Å². The first kappa shape index (κ1) is 7.80. The number of aromatic nitrogens is 2. The normalized spacial score (nSPS) is 9.55. The summed E-state index contributed by atoms with van der Waals surface area (Å²) >= 11 is 0. The molecule has 58 valence electrons. The Hall–Kier alpha value is -1.30. The fourth-order valence-electron chi connectivity index (χ4n) is 1.07. The average Bonchev–Trinajstić information content (AvgIpc) is 2.26. The second kappa shape index (κ2) is 3.20. The molecule has 11 heavy (non-hydrogen) atoms. The van der Waals surface area contributed by atoms with Crippen LogP contribution in [0, 0.1) is 13.5 Å². The molecule has 3 nitrogen and oxygen atoms in total. The van der Waals surface area contributed by atoms with E-state index in [0.717, 1.165) is 17.8 Å². The highest BCUT2D eigenvalue weighted by Gasteiger charge is 2.01. The number of hydrogen-bond donors (Lipinski definition) is 0. The highest BCUT2D eigenvalue weighted by molar-refractivity contribution is 5.09. The standard InChI is InChI=1S/C8H11N3/c1-7-6-8(4-5-9-2)11(3)10-7/h6H,4-5H2,1,3H3. The van der Waals surface area contributed by atoms with Crippen molar-refractivity contribution in [3.63, 3.8) is 0 Å². The van der Waals surface area contributed by atoms with Gasteiger partial charge >= 0.3 is 0 Å². The van der Waals surface area contributed by atoms with Crippen LogP contribution in [-0.4, -0.2) is 16.3 Å². The van der Waals surface area contributed by atoms with Crippen LogP contribution in [0.1, 0.15) is 11.4 Å². The molecule has 0 amide bonds. The molecule has 1 heterocycles. The lowest BCUT2D eigenvalue weighted by molar-refractivity contribution is 0.708. The molecule has 0 aliphatic heterocycles. The number of rotatable bonds is 2. The minimum atomic E-state index is 0.555. The maximum atomic E-state index is 6.62. The third-order valence-electron chi connectivity index (χ3n) is 1.58. The Morgan fingerprint density at radius 3 is 2.91 bits per heavy atom. The van der Waals surface area contributed by atoms with Crippen LogP contribution in [-0.2, 0) is 13.5 Å². The Kier molecular flexibility index (Phi) is 2.27. The van der Waals surface area contributed by atoms with Gasteiger partial charge in [0, 0.05) is 12.7 Å². The van der Waals surface area contributed by atoms with Crippen molar-refractivity contribution in [2.45, 2.75) is 13.3 Å². The summed E-state index contributed by atoms with van der Waals surface area (Å²) in [7, 11) is 1.91.